The number of nitrogens with two attached hydrogens (primary N) is 1. The zero-order valence-electron chi connectivity index (χ0n) is 15.6. The molecule has 1 aromatic carbocycles. The summed E-state index contributed by atoms with van der Waals surface area (Å²) < 4.78 is 13.8. The molecule has 0 saturated heterocycles. The molecule has 28 heavy (non-hydrogen) atoms. The number of benzene rings is 1. The Kier molecular flexibility index (Phi) is 5.50. The molecule has 0 unspecified atom stereocenters. The minimum atomic E-state index is -0.307. The van der Waals surface area contributed by atoms with Gasteiger partial charge in [0, 0.05) is 24.0 Å². The Hall–Kier alpha value is -2.19. The number of amides is 1. The first-order valence-electron chi connectivity index (χ1n) is 9.21. The van der Waals surface area contributed by atoms with Gasteiger partial charge in [-0.2, -0.15) is 0 Å². The molecule has 1 amide bonds. The van der Waals surface area contributed by atoms with E-state index in [4.69, 9.17) is 5.73 Å². The van der Waals surface area contributed by atoms with Crippen molar-refractivity contribution in [3.8, 4) is 0 Å². The lowest BCUT2D eigenvalue weighted by Gasteiger charge is -2.17. The molecule has 0 aliphatic heterocycles. The van der Waals surface area contributed by atoms with E-state index in [0.29, 0.717) is 16.5 Å². The van der Waals surface area contributed by atoms with Crippen molar-refractivity contribution in [1.29, 1.82) is 0 Å². The van der Waals surface area contributed by atoms with Gasteiger partial charge in [0.1, 0.15) is 16.5 Å². The highest BCUT2D eigenvalue weighted by atomic mass is 32.2. The van der Waals surface area contributed by atoms with Gasteiger partial charge in [-0.05, 0) is 37.3 Å². The highest BCUT2D eigenvalue weighted by molar-refractivity contribution is 7.99. The molecule has 0 spiro atoms. The van der Waals surface area contributed by atoms with Crippen molar-refractivity contribution < 1.29 is 9.18 Å². The molecule has 2 heterocycles. The van der Waals surface area contributed by atoms with Crippen molar-refractivity contribution in [1.82, 2.24) is 14.9 Å². The summed E-state index contributed by atoms with van der Waals surface area (Å²) in [5.74, 6) is 0.263. The number of anilines is 1. The normalized spacial score (nSPS) is 13.5. The first-order valence-corrected chi connectivity index (χ1v) is 11.0. The molecule has 0 saturated carbocycles. The minimum Gasteiger partial charge on any atom is -0.383 e. The molecule has 0 fully saturated rings. The van der Waals surface area contributed by atoms with Crippen LogP contribution in [0.15, 0.2) is 29.4 Å². The number of aromatic nitrogens is 2. The van der Waals surface area contributed by atoms with Crippen molar-refractivity contribution >= 4 is 45.0 Å². The SMILES string of the molecule is CN(Cc1ccccc1F)C(=O)CSc1nc(N)c2c3c(sc2n1)CCCC3. The molecule has 8 heteroatoms. The number of carbonyl (C=O) groups is 1. The zero-order valence-corrected chi connectivity index (χ0v) is 17.2. The smallest absolute Gasteiger partial charge is 0.233 e. The second-order valence-corrected chi connectivity index (χ2v) is 8.94. The Morgan fingerprint density at radius 1 is 1.29 bits per heavy atom. The number of rotatable bonds is 5. The molecule has 2 aromatic heterocycles. The van der Waals surface area contributed by atoms with E-state index in [1.165, 1.54) is 46.0 Å². The predicted molar refractivity (Wildman–Crippen MR) is 112 cm³/mol. The molecule has 1 aliphatic carbocycles. The number of carbonyl (C=O) groups excluding carboxylic acids is 1. The van der Waals surface area contributed by atoms with E-state index in [9.17, 15) is 9.18 Å². The topological polar surface area (TPSA) is 72.1 Å². The number of thioether (sulfide) groups is 1. The van der Waals surface area contributed by atoms with E-state index >= 15 is 0 Å². The van der Waals surface area contributed by atoms with Gasteiger partial charge >= 0.3 is 0 Å². The molecule has 4 rings (SSSR count). The molecule has 2 N–H and O–H groups in total. The van der Waals surface area contributed by atoms with Gasteiger partial charge in [-0.3, -0.25) is 4.79 Å². The van der Waals surface area contributed by atoms with Gasteiger partial charge in [-0.25, -0.2) is 14.4 Å². The van der Waals surface area contributed by atoms with Gasteiger partial charge in [0.2, 0.25) is 5.91 Å². The number of fused-ring (bicyclic) bond motifs is 3. The standard InChI is InChI=1S/C20H21FN4OS2/c1-25(10-12-6-2-4-8-14(12)21)16(26)11-27-20-23-18(22)17-13-7-3-5-9-15(13)28-19(17)24-20/h2,4,6,8H,3,5,7,9-11H2,1H3,(H2,22,23,24). The van der Waals surface area contributed by atoms with E-state index in [1.807, 2.05) is 0 Å². The Morgan fingerprint density at radius 3 is 2.89 bits per heavy atom. The third-order valence-corrected chi connectivity index (χ3v) is 6.96. The second kappa shape index (κ2) is 8.05. The summed E-state index contributed by atoms with van der Waals surface area (Å²) in [6.45, 7) is 0.228. The predicted octanol–water partition coefficient (Wildman–Crippen LogP) is 4.04. The van der Waals surface area contributed by atoms with Gasteiger partial charge in [0.05, 0.1) is 11.1 Å². The van der Waals surface area contributed by atoms with Crippen LogP contribution in [-0.4, -0.2) is 33.6 Å². The molecule has 0 radical (unpaired) electrons. The van der Waals surface area contributed by atoms with Crippen LogP contribution in [0.25, 0.3) is 10.2 Å². The van der Waals surface area contributed by atoms with Crippen LogP contribution in [0.5, 0.6) is 0 Å². The molecular formula is C20H21FN4OS2. The fourth-order valence-corrected chi connectivity index (χ4v) is 5.56. The zero-order chi connectivity index (χ0) is 19.7. The number of thiophene rings is 1. The van der Waals surface area contributed by atoms with Crippen LogP contribution in [0.3, 0.4) is 0 Å². The highest BCUT2D eigenvalue weighted by Crippen LogP contribution is 2.38. The maximum atomic E-state index is 13.8. The first-order chi connectivity index (χ1) is 13.5. The van der Waals surface area contributed by atoms with Crippen molar-refractivity contribution in [2.24, 2.45) is 0 Å². The van der Waals surface area contributed by atoms with E-state index < -0.39 is 0 Å². The Morgan fingerprint density at radius 2 is 2.07 bits per heavy atom. The van der Waals surface area contributed by atoms with Crippen LogP contribution < -0.4 is 5.73 Å². The highest BCUT2D eigenvalue weighted by Gasteiger charge is 2.21. The lowest BCUT2D eigenvalue weighted by atomic mass is 9.97. The lowest BCUT2D eigenvalue weighted by molar-refractivity contribution is -0.127. The van der Waals surface area contributed by atoms with E-state index in [1.54, 1.807) is 36.6 Å². The monoisotopic (exact) mass is 416 g/mol. The Bertz CT molecular complexity index is 1040. The second-order valence-electron chi connectivity index (χ2n) is 6.91. The van der Waals surface area contributed by atoms with E-state index in [0.717, 1.165) is 23.1 Å². The van der Waals surface area contributed by atoms with Gasteiger partial charge < -0.3 is 10.6 Å². The molecule has 146 valence electrons. The van der Waals surface area contributed by atoms with E-state index in [-0.39, 0.29) is 24.0 Å². The lowest BCUT2D eigenvalue weighted by Crippen LogP contribution is -2.28. The molecule has 0 atom stereocenters. The third-order valence-electron chi connectivity index (χ3n) is 4.94. The summed E-state index contributed by atoms with van der Waals surface area (Å²) in [4.78, 5) is 25.3. The molecule has 5 nitrogen and oxygen atoms in total. The summed E-state index contributed by atoms with van der Waals surface area (Å²) >= 11 is 2.96. The quantitative estimate of drug-likeness (QED) is 0.502. The van der Waals surface area contributed by atoms with Gasteiger partial charge in [0.25, 0.3) is 0 Å². The molecular weight excluding hydrogens is 395 g/mol. The molecule has 0 bridgehead atoms. The number of nitrogens with zero attached hydrogens (tertiary/aromatic N) is 3. The number of halogens is 1. The third kappa shape index (κ3) is 3.84. The summed E-state index contributed by atoms with van der Waals surface area (Å²) in [6.07, 6.45) is 4.50. The van der Waals surface area contributed by atoms with Crippen molar-refractivity contribution in [3.63, 3.8) is 0 Å². The van der Waals surface area contributed by atoms with Crippen LogP contribution in [0, 0.1) is 5.82 Å². The van der Waals surface area contributed by atoms with Crippen LogP contribution in [0.4, 0.5) is 10.2 Å². The Labute approximate surface area is 171 Å². The summed E-state index contributed by atoms with van der Waals surface area (Å²) in [6, 6.07) is 6.48. The minimum absolute atomic E-state index is 0.110. The number of aryl methyl sites for hydroxylation is 2. The maximum absolute atomic E-state index is 13.8. The van der Waals surface area contributed by atoms with Gasteiger partial charge in [0.15, 0.2) is 5.16 Å². The number of hydrogen-bond donors (Lipinski definition) is 1. The van der Waals surface area contributed by atoms with Crippen LogP contribution in [0.2, 0.25) is 0 Å². The largest absolute Gasteiger partial charge is 0.383 e. The van der Waals surface area contributed by atoms with E-state index in [2.05, 4.69) is 9.97 Å². The van der Waals surface area contributed by atoms with Crippen molar-refractivity contribution in [2.75, 3.05) is 18.5 Å². The fourth-order valence-electron chi connectivity index (χ4n) is 3.44. The van der Waals surface area contributed by atoms with Gasteiger partial charge in [-0.1, -0.05) is 30.0 Å². The molecule has 1 aliphatic rings. The average molecular weight is 417 g/mol. The summed E-state index contributed by atoms with van der Waals surface area (Å²) in [5, 5.41) is 1.50. The van der Waals surface area contributed by atoms with Crippen LogP contribution in [0.1, 0.15) is 28.8 Å². The van der Waals surface area contributed by atoms with Crippen LogP contribution in [-0.2, 0) is 24.2 Å². The number of hydrogen-bond acceptors (Lipinski definition) is 6. The first kappa shape index (κ1) is 19.1. The maximum Gasteiger partial charge on any atom is 0.233 e. The summed E-state index contributed by atoms with van der Waals surface area (Å²) in [7, 11) is 1.67. The summed E-state index contributed by atoms with van der Waals surface area (Å²) in [5.41, 5.74) is 8.02. The van der Waals surface area contributed by atoms with Crippen molar-refractivity contribution in [2.45, 2.75) is 37.4 Å². The molecule has 3 aromatic rings. The fraction of sp³-hybridized carbons (Fsp3) is 0.350. The number of nitrogen functional groups attached to an aromatic ring is 1. The average Bonchev–Trinajstić information content (AvgIpc) is 3.06. The Balaban J connectivity index is 1.45. The van der Waals surface area contributed by atoms with Crippen molar-refractivity contribution in [3.05, 3.63) is 46.1 Å². The van der Waals surface area contributed by atoms with Crippen LogP contribution >= 0.6 is 23.1 Å². The van der Waals surface area contributed by atoms with Gasteiger partial charge in [-0.15, -0.1) is 11.3 Å².